The molecule has 3 aromatic heterocycles. The van der Waals surface area contributed by atoms with Crippen molar-refractivity contribution < 1.29 is 9.72 Å². The topological polar surface area (TPSA) is 139 Å². The Kier molecular flexibility index (Phi) is 4.96. The van der Waals surface area contributed by atoms with Crippen LogP contribution in [0.25, 0.3) is 0 Å². The van der Waals surface area contributed by atoms with Gasteiger partial charge >= 0.3 is 5.95 Å². The Bertz CT molecular complexity index is 971. The highest BCUT2D eigenvalue weighted by atomic mass is 16.6. The molecular weight excluding hydrogens is 354 g/mol. The third-order valence-electron chi connectivity index (χ3n) is 4.11. The Morgan fingerprint density at radius 2 is 2.15 bits per heavy atom. The second kappa shape index (κ2) is 7.35. The zero-order valence-corrected chi connectivity index (χ0v) is 15.1. The minimum Gasteiger partial charge on any atom is -0.390 e. The van der Waals surface area contributed by atoms with E-state index in [0.717, 1.165) is 17.8 Å². The number of nitrogens with one attached hydrogen (secondary N) is 1. The molecule has 12 heteroatoms. The van der Waals surface area contributed by atoms with Crippen molar-refractivity contribution in [2.24, 2.45) is 0 Å². The van der Waals surface area contributed by atoms with Gasteiger partial charge in [-0.2, -0.15) is 14.9 Å². The van der Waals surface area contributed by atoms with E-state index in [9.17, 15) is 14.9 Å². The van der Waals surface area contributed by atoms with Crippen molar-refractivity contribution in [2.45, 2.75) is 40.0 Å². The van der Waals surface area contributed by atoms with Crippen molar-refractivity contribution in [3.63, 3.8) is 0 Å². The van der Waals surface area contributed by atoms with Crippen LogP contribution in [-0.2, 0) is 13.2 Å². The van der Waals surface area contributed by atoms with Crippen LogP contribution in [0.15, 0.2) is 24.8 Å². The van der Waals surface area contributed by atoms with Crippen LogP contribution in [0, 0.1) is 17.0 Å². The maximum atomic E-state index is 12.4. The van der Waals surface area contributed by atoms with Crippen molar-refractivity contribution in [1.82, 2.24) is 39.6 Å². The minimum absolute atomic E-state index is 0.103. The molecule has 0 aliphatic rings. The summed E-state index contributed by atoms with van der Waals surface area (Å²) in [6.07, 6.45) is 4.57. The number of hydrogen-bond acceptors (Lipinski definition) is 7. The number of aromatic nitrogens is 7. The van der Waals surface area contributed by atoms with Crippen molar-refractivity contribution in [3.05, 3.63) is 51.9 Å². The van der Waals surface area contributed by atoms with E-state index in [1.807, 2.05) is 25.5 Å². The van der Waals surface area contributed by atoms with Crippen LogP contribution >= 0.6 is 0 Å². The Labute approximate surface area is 154 Å². The van der Waals surface area contributed by atoms with Gasteiger partial charge in [-0.25, -0.2) is 4.68 Å². The van der Waals surface area contributed by atoms with E-state index in [1.54, 1.807) is 18.5 Å². The molecule has 12 nitrogen and oxygen atoms in total. The van der Waals surface area contributed by atoms with Crippen molar-refractivity contribution in [2.75, 3.05) is 0 Å². The fourth-order valence-corrected chi connectivity index (χ4v) is 2.70. The summed E-state index contributed by atoms with van der Waals surface area (Å²) in [5.41, 5.74) is 2.18. The van der Waals surface area contributed by atoms with Gasteiger partial charge < -0.3 is 15.4 Å². The summed E-state index contributed by atoms with van der Waals surface area (Å²) in [5.74, 6) is -0.814. The van der Waals surface area contributed by atoms with Crippen molar-refractivity contribution in [1.29, 1.82) is 0 Å². The molecule has 0 fully saturated rings. The normalized spacial score (nSPS) is 12.1. The number of amides is 1. The summed E-state index contributed by atoms with van der Waals surface area (Å²) in [4.78, 5) is 25.9. The molecule has 0 bridgehead atoms. The molecule has 27 heavy (non-hydrogen) atoms. The van der Waals surface area contributed by atoms with Gasteiger partial charge in [0.05, 0.1) is 12.2 Å². The van der Waals surface area contributed by atoms with Crippen LogP contribution in [-0.4, -0.2) is 45.2 Å². The van der Waals surface area contributed by atoms with Crippen molar-refractivity contribution in [3.8, 4) is 0 Å². The number of nitrogens with zero attached hydrogens (tertiary/aromatic N) is 8. The molecule has 0 radical (unpaired) electrons. The number of carbonyl (C=O) groups is 1. The van der Waals surface area contributed by atoms with Gasteiger partial charge in [-0.1, -0.05) is 4.98 Å². The van der Waals surface area contributed by atoms with Gasteiger partial charge in [0.15, 0.2) is 6.67 Å². The molecule has 0 aliphatic carbocycles. The van der Waals surface area contributed by atoms with Crippen molar-refractivity contribution >= 4 is 11.9 Å². The molecule has 3 heterocycles. The first-order chi connectivity index (χ1) is 12.9. The third-order valence-corrected chi connectivity index (χ3v) is 4.11. The van der Waals surface area contributed by atoms with Gasteiger partial charge in [0.1, 0.15) is 5.69 Å². The first kappa shape index (κ1) is 18.2. The van der Waals surface area contributed by atoms with E-state index in [4.69, 9.17) is 0 Å². The largest absolute Gasteiger partial charge is 0.491 e. The van der Waals surface area contributed by atoms with Crippen LogP contribution in [0.1, 0.15) is 41.6 Å². The fraction of sp³-hybridized carbons (Fsp3) is 0.400. The molecule has 0 aliphatic heterocycles. The average Bonchev–Trinajstić information content (AvgIpc) is 3.35. The Hall–Kier alpha value is -3.57. The van der Waals surface area contributed by atoms with E-state index in [2.05, 4.69) is 25.6 Å². The zero-order chi connectivity index (χ0) is 19.6. The maximum Gasteiger partial charge on any atom is 0.491 e. The van der Waals surface area contributed by atoms with E-state index in [-0.39, 0.29) is 24.3 Å². The molecule has 1 atom stereocenters. The molecule has 0 aromatic carbocycles. The van der Waals surface area contributed by atoms with Gasteiger partial charge in [-0.15, -0.1) is 0 Å². The van der Waals surface area contributed by atoms with Crippen LogP contribution < -0.4 is 5.32 Å². The fourth-order valence-electron chi connectivity index (χ4n) is 2.70. The number of rotatable bonds is 7. The molecule has 1 N–H and O–H groups in total. The van der Waals surface area contributed by atoms with Crippen LogP contribution in [0.4, 0.5) is 5.95 Å². The molecule has 3 aromatic rings. The second-order valence-corrected chi connectivity index (χ2v) is 5.92. The highest BCUT2D eigenvalue weighted by Crippen LogP contribution is 2.17. The first-order valence-corrected chi connectivity index (χ1v) is 8.29. The first-order valence-electron chi connectivity index (χ1n) is 8.29. The number of hydrogen-bond donors (Lipinski definition) is 1. The summed E-state index contributed by atoms with van der Waals surface area (Å²) in [6, 6.07) is 1.34. The smallest absolute Gasteiger partial charge is 0.390 e. The quantitative estimate of drug-likeness (QED) is 0.479. The lowest BCUT2D eigenvalue weighted by atomic mass is 10.1. The third kappa shape index (κ3) is 3.83. The Morgan fingerprint density at radius 1 is 1.37 bits per heavy atom. The number of aryl methyl sites for hydroxylation is 1. The summed E-state index contributed by atoms with van der Waals surface area (Å²) >= 11 is 0. The predicted molar refractivity (Wildman–Crippen MR) is 92.8 cm³/mol. The predicted octanol–water partition coefficient (Wildman–Crippen LogP) is 0.904. The van der Waals surface area contributed by atoms with Crippen LogP contribution in [0.2, 0.25) is 0 Å². The van der Waals surface area contributed by atoms with E-state index >= 15 is 0 Å². The lowest BCUT2D eigenvalue weighted by Gasteiger charge is -2.13. The molecule has 0 spiro atoms. The second-order valence-electron chi connectivity index (χ2n) is 5.92. The summed E-state index contributed by atoms with van der Waals surface area (Å²) in [6.45, 7) is 6.71. The molecule has 3 rings (SSSR count). The molecule has 1 amide bonds. The average molecular weight is 373 g/mol. The standard InChI is InChI=1S/C15H19N9O3/c1-4-23-11(3)12(7-17-23)10(2)18-14(25)13-5-6-21(19-13)9-22-8-16-15(20-22)24(26)27/h5-8,10H,4,9H2,1-3H3,(H,18,25). The van der Waals surface area contributed by atoms with Gasteiger partial charge in [-0.05, 0) is 31.8 Å². The minimum atomic E-state index is -0.678. The van der Waals surface area contributed by atoms with E-state index in [0.29, 0.717) is 0 Å². The van der Waals surface area contributed by atoms with E-state index in [1.165, 1.54) is 15.7 Å². The number of carbonyl (C=O) groups excluding carboxylic acids is 1. The molecule has 0 saturated carbocycles. The Morgan fingerprint density at radius 3 is 2.78 bits per heavy atom. The van der Waals surface area contributed by atoms with Crippen LogP contribution in [0.3, 0.4) is 0 Å². The highest BCUT2D eigenvalue weighted by Gasteiger charge is 2.18. The monoisotopic (exact) mass is 373 g/mol. The molecule has 142 valence electrons. The van der Waals surface area contributed by atoms with Gasteiger partial charge in [0.2, 0.25) is 6.33 Å². The zero-order valence-electron chi connectivity index (χ0n) is 15.1. The van der Waals surface area contributed by atoms with E-state index < -0.39 is 10.9 Å². The SMILES string of the molecule is CCn1ncc(C(C)NC(=O)c2ccn(Cn3cnc([N+](=O)[O-])n3)n2)c1C. The van der Waals surface area contributed by atoms with Gasteiger partial charge in [0, 0.05) is 29.1 Å². The number of nitro groups is 1. The maximum absolute atomic E-state index is 12.4. The van der Waals surface area contributed by atoms with Crippen LogP contribution in [0.5, 0.6) is 0 Å². The summed E-state index contributed by atoms with van der Waals surface area (Å²) < 4.78 is 4.57. The molecule has 1 unspecified atom stereocenters. The molecular formula is C15H19N9O3. The lowest BCUT2D eigenvalue weighted by molar-refractivity contribution is -0.394. The lowest BCUT2D eigenvalue weighted by Crippen LogP contribution is -2.27. The Balaban J connectivity index is 1.65. The highest BCUT2D eigenvalue weighted by molar-refractivity contribution is 5.92. The van der Waals surface area contributed by atoms with Gasteiger partial charge in [-0.3, -0.25) is 9.48 Å². The molecule has 0 saturated heterocycles. The van der Waals surface area contributed by atoms with Gasteiger partial charge in [0.25, 0.3) is 5.91 Å². The summed E-state index contributed by atoms with van der Waals surface area (Å²) in [7, 11) is 0. The summed E-state index contributed by atoms with van der Waals surface area (Å²) in [5, 5.41) is 25.7.